The molecule has 138 valence electrons. The van der Waals surface area contributed by atoms with Crippen molar-refractivity contribution < 1.29 is 14.3 Å². The molecular formula is C19H24N4O3. The van der Waals surface area contributed by atoms with Crippen LogP contribution < -0.4 is 4.74 Å². The summed E-state index contributed by atoms with van der Waals surface area (Å²) >= 11 is 0. The first kappa shape index (κ1) is 18.0. The number of hydrogen-bond acceptors (Lipinski definition) is 4. The number of nitrogens with one attached hydrogen (secondary N) is 1. The molecule has 0 unspecified atom stereocenters. The molecule has 2 amide bonds. The van der Waals surface area contributed by atoms with Crippen molar-refractivity contribution in [3.63, 3.8) is 0 Å². The van der Waals surface area contributed by atoms with Gasteiger partial charge in [0.05, 0.1) is 7.11 Å². The molecule has 0 bridgehead atoms. The number of carbonyl (C=O) groups excluding carboxylic acids is 2. The molecular weight excluding hydrogens is 332 g/mol. The Morgan fingerprint density at radius 3 is 2.50 bits per heavy atom. The summed E-state index contributed by atoms with van der Waals surface area (Å²) in [5, 5.41) is 6.75. The molecule has 1 aromatic carbocycles. The lowest BCUT2D eigenvalue weighted by atomic mass is 10.1. The molecule has 26 heavy (non-hydrogen) atoms. The van der Waals surface area contributed by atoms with Crippen LogP contribution in [0.1, 0.15) is 28.0 Å². The Balaban J connectivity index is 1.53. The summed E-state index contributed by atoms with van der Waals surface area (Å²) in [6, 6.07) is 7.34. The molecule has 0 radical (unpaired) electrons. The molecule has 0 aliphatic carbocycles. The van der Waals surface area contributed by atoms with E-state index in [0.717, 1.165) is 17.0 Å². The van der Waals surface area contributed by atoms with Gasteiger partial charge in [-0.2, -0.15) is 5.10 Å². The fourth-order valence-corrected chi connectivity index (χ4v) is 3.16. The molecule has 0 saturated carbocycles. The topological polar surface area (TPSA) is 78.5 Å². The van der Waals surface area contributed by atoms with Crippen molar-refractivity contribution in [2.45, 2.75) is 19.8 Å². The van der Waals surface area contributed by atoms with E-state index >= 15 is 0 Å². The predicted octanol–water partition coefficient (Wildman–Crippen LogP) is 1.64. The van der Waals surface area contributed by atoms with Crippen molar-refractivity contribution in [3.8, 4) is 5.75 Å². The number of amides is 2. The number of aromatic amines is 1. The molecule has 1 aliphatic rings. The quantitative estimate of drug-likeness (QED) is 0.883. The zero-order chi connectivity index (χ0) is 18.5. The van der Waals surface area contributed by atoms with E-state index in [2.05, 4.69) is 10.2 Å². The number of benzene rings is 1. The molecule has 0 spiro atoms. The van der Waals surface area contributed by atoms with E-state index in [1.54, 1.807) is 25.4 Å². The van der Waals surface area contributed by atoms with E-state index in [1.165, 1.54) is 0 Å². The maximum absolute atomic E-state index is 12.7. The summed E-state index contributed by atoms with van der Waals surface area (Å²) in [6.07, 6.45) is 2.79. The van der Waals surface area contributed by atoms with Gasteiger partial charge < -0.3 is 14.5 Å². The Bertz CT molecular complexity index is 765. The zero-order valence-electron chi connectivity index (χ0n) is 15.2. The van der Waals surface area contributed by atoms with Gasteiger partial charge in [-0.15, -0.1) is 0 Å². The van der Waals surface area contributed by atoms with Gasteiger partial charge in [0.15, 0.2) is 0 Å². The van der Waals surface area contributed by atoms with Crippen molar-refractivity contribution in [1.29, 1.82) is 0 Å². The van der Waals surface area contributed by atoms with Crippen LogP contribution in [0.3, 0.4) is 0 Å². The lowest BCUT2D eigenvalue weighted by molar-refractivity contribution is -0.132. The first-order valence-electron chi connectivity index (χ1n) is 8.78. The predicted molar refractivity (Wildman–Crippen MR) is 97.1 cm³/mol. The highest BCUT2D eigenvalue weighted by atomic mass is 16.5. The van der Waals surface area contributed by atoms with Gasteiger partial charge in [-0.05, 0) is 43.2 Å². The molecule has 1 saturated heterocycles. The smallest absolute Gasteiger partial charge is 0.254 e. The van der Waals surface area contributed by atoms with Crippen molar-refractivity contribution in [2.75, 3.05) is 33.3 Å². The van der Waals surface area contributed by atoms with Crippen LogP contribution in [0, 0.1) is 6.92 Å². The van der Waals surface area contributed by atoms with Crippen LogP contribution in [-0.4, -0.2) is 65.1 Å². The molecule has 2 aromatic rings. The Kier molecular flexibility index (Phi) is 5.55. The second-order valence-electron chi connectivity index (χ2n) is 6.44. The van der Waals surface area contributed by atoms with Gasteiger partial charge >= 0.3 is 0 Å². The molecule has 3 rings (SSSR count). The number of ether oxygens (including phenoxy) is 1. The van der Waals surface area contributed by atoms with E-state index in [-0.39, 0.29) is 11.8 Å². The van der Waals surface area contributed by atoms with Crippen LogP contribution in [0.4, 0.5) is 0 Å². The highest BCUT2D eigenvalue weighted by Gasteiger charge is 2.25. The summed E-state index contributed by atoms with van der Waals surface area (Å²) in [6.45, 7) is 4.16. The summed E-state index contributed by atoms with van der Waals surface area (Å²) in [4.78, 5) is 28.7. The summed E-state index contributed by atoms with van der Waals surface area (Å²) < 4.78 is 5.19. The van der Waals surface area contributed by atoms with Crippen molar-refractivity contribution in [3.05, 3.63) is 47.3 Å². The van der Waals surface area contributed by atoms with Crippen LogP contribution in [0.5, 0.6) is 5.75 Å². The number of carbonyl (C=O) groups is 2. The maximum Gasteiger partial charge on any atom is 0.254 e. The highest BCUT2D eigenvalue weighted by Crippen LogP contribution is 2.19. The van der Waals surface area contributed by atoms with Crippen LogP contribution in [-0.2, 0) is 11.2 Å². The Labute approximate surface area is 152 Å². The van der Waals surface area contributed by atoms with Crippen LogP contribution in [0.25, 0.3) is 0 Å². The number of methoxy groups -OCH3 is 1. The molecule has 1 aliphatic heterocycles. The normalized spacial score (nSPS) is 14.4. The summed E-state index contributed by atoms with van der Waals surface area (Å²) in [7, 11) is 1.61. The minimum absolute atomic E-state index is 0.00899. The zero-order valence-corrected chi connectivity index (χ0v) is 15.2. The maximum atomic E-state index is 12.7. The van der Waals surface area contributed by atoms with Gasteiger partial charge in [0, 0.05) is 50.1 Å². The lowest BCUT2D eigenvalue weighted by Gasteiger charge is -2.35. The van der Waals surface area contributed by atoms with Gasteiger partial charge in [0.2, 0.25) is 5.91 Å². The van der Waals surface area contributed by atoms with Gasteiger partial charge in [-0.3, -0.25) is 14.7 Å². The summed E-state index contributed by atoms with van der Waals surface area (Å²) in [5.41, 5.74) is 2.54. The van der Waals surface area contributed by atoms with Crippen molar-refractivity contribution in [1.82, 2.24) is 20.0 Å². The van der Waals surface area contributed by atoms with E-state index < -0.39 is 0 Å². The molecule has 0 atom stereocenters. The minimum atomic E-state index is 0.00899. The number of nitrogens with zero attached hydrogens (tertiary/aromatic N) is 3. The average molecular weight is 356 g/mol. The first-order valence-corrected chi connectivity index (χ1v) is 8.78. The summed E-state index contributed by atoms with van der Waals surface area (Å²) in [5.74, 6) is 0.869. The van der Waals surface area contributed by atoms with Gasteiger partial charge in [-0.25, -0.2) is 0 Å². The Hall–Kier alpha value is -2.83. The first-order chi connectivity index (χ1) is 12.6. The second kappa shape index (κ2) is 8.03. The standard InChI is InChI=1S/C19H24N4O3/c1-14-13-16(26-2)4-5-17(14)19(25)23-11-9-22(10-12-23)18(24)6-3-15-7-8-20-21-15/h4-5,7-8,13H,3,6,9-12H2,1-2H3,(H,20,21). The molecule has 7 nitrogen and oxygen atoms in total. The van der Waals surface area contributed by atoms with Gasteiger partial charge in [0.25, 0.3) is 5.91 Å². The number of aromatic nitrogens is 2. The third-order valence-corrected chi connectivity index (χ3v) is 4.75. The minimum Gasteiger partial charge on any atom is -0.497 e. The fraction of sp³-hybridized carbons (Fsp3) is 0.421. The number of piperazine rings is 1. The molecule has 7 heteroatoms. The van der Waals surface area contributed by atoms with E-state index in [9.17, 15) is 9.59 Å². The van der Waals surface area contributed by atoms with Gasteiger partial charge in [0.1, 0.15) is 5.75 Å². The number of aryl methyl sites for hydroxylation is 2. The molecule has 1 fully saturated rings. The van der Waals surface area contributed by atoms with Crippen LogP contribution >= 0.6 is 0 Å². The largest absolute Gasteiger partial charge is 0.497 e. The average Bonchev–Trinajstić information content (AvgIpc) is 3.19. The Morgan fingerprint density at radius 1 is 1.15 bits per heavy atom. The second-order valence-corrected chi connectivity index (χ2v) is 6.44. The fourth-order valence-electron chi connectivity index (χ4n) is 3.16. The Morgan fingerprint density at radius 2 is 1.88 bits per heavy atom. The van der Waals surface area contributed by atoms with Crippen LogP contribution in [0.2, 0.25) is 0 Å². The molecule has 1 N–H and O–H groups in total. The number of H-pyrrole nitrogens is 1. The lowest BCUT2D eigenvalue weighted by Crippen LogP contribution is -2.50. The molecule has 1 aromatic heterocycles. The number of rotatable bonds is 5. The van der Waals surface area contributed by atoms with Crippen molar-refractivity contribution in [2.24, 2.45) is 0 Å². The monoisotopic (exact) mass is 356 g/mol. The number of hydrogen-bond donors (Lipinski definition) is 1. The third kappa shape index (κ3) is 4.04. The SMILES string of the molecule is COc1ccc(C(=O)N2CCN(C(=O)CCc3ccn[nH]3)CC2)c(C)c1. The molecule has 2 heterocycles. The van der Waals surface area contributed by atoms with E-state index in [1.807, 2.05) is 28.9 Å². The van der Waals surface area contributed by atoms with Crippen LogP contribution in [0.15, 0.2) is 30.5 Å². The van der Waals surface area contributed by atoms with Gasteiger partial charge in [-0.1, -0.05) is 0 Å². The van der Waals surface area contributed by atoms with Crippen molar-refractivity contribution >= 4 is 11.8 Å². The van der Waals surface area contributed by atoms with E-state index in [4.69, 9.17) is 4.74 Å². The van der Waals surface area contributed by atoms with E-state index in [0.29, 0.717) is 44.6 Å². The third-order valence-electron chi connectivity index (χ3n) is 4.75. The highest BCUT2D eigenvalue weighted by molar-refractivity contribution is 5.96.